The molecule has 0 atom stereocenters. The molecule has 2 heterocycles. The number of pyridine rings is 1. The van der Waals surface area contributed by atoms with Crippen LogP contribution in [0.2, 0.25) is 5.02 Å². The molecule has 0 fully saturated rings. The molecule has 5 heteroatoms. The molecule has 2 aromatic rings. The maximum atomic E-state index is 12.0. The van der Waals surface area contributed by atoms with Crippen molar-refractivity contribution in [2.24, 2.45) is 0 Å². The lowest BCUT2D eigenvalue weighted by atomic mass is 9.97. The topological polar surface area (TPSA) is 54.1 Å². The minimum Gasteiger partial charge on any atom is -0.496 e. The number of aromatic nitrogens is 1. The Balaban J connectivity index is 2.49. The first-order valence-corrected chi connectivity index (χ1v) is 6.21. The average Bonchev–Trinajstić information content (AvgIpc) is 2.40. The van der Waals surface area contributed by atoms with Crippen LogP contribution in [0.3, 0.4) is 0 Å². The number of hydrogen-bond donors (Lipinski definition) is 2. The number of rotatable bonds is 1. The molecule has 1 aliphatic rings. The zero-order valence-corrected chi connectivity index (χ0v) is 10.7. The second-order valence-electron chi connectivity index (χ2n) is 4.34. The zero-order valence-electron chi connectivity index (χ0n) is 9.97. The standard InChI is InChI=1S/C13H13ClN2O2/c1-18-10-3-2-9(14)12-11(10)8-6-15-5-4-7(8)13(17)16-12/h2-3,15H,4-6H2,1H3,(H,16,17). The molecule has 0 aliphatic carbocycles. The molecule has 0 saturated heterocycles. The fourth-order valence-electron chi connectivity index (χ4n) is 2.51. The Morgan fingerprint density at radius 2 is 2.17 bits per heavy atom. The lowest BCUT2D eigenvalue weighted by molar-refractivity contribution is 0.419. The largest absolute Gasteiger partial charge is 0.496 e. The number of hydrogen-bond acceptors (Lipinski definition) is 3. The molecular formula is C13H13ClN2O2. The van der Waals surface area contributed by atoms with E-state index >= 15 is 0 Å². The van der Waals surface area contributed by atoms with Crippen molar-refractivity contribution in [2.75, 3.05) is 13.7 Å². The normalized spacial score (nSPS) is 14.6. The molecular weight excluding hydrogens is 252 g/mol. The Hall–Kier alpha value is -1.52. The Labute approximate surface area is 109 Å². The van der Waals surface area contributed by atoms with Gasteiger partial charge in [-0.3, -0.25) is 4.79 Å². The second-order valence-corrected chi connectivity index (χ2v) is 4.74. The number of nitrogens with one attached hydrogen (secondary N) is 2. The molecule has 0 spiro atoms. The molecule has 0 unspecified atom stereocenters. The van der Waals surface area contributed by atoms with Gasteiger partial charge in [0.1, 0.15) is 5.75 Å². The molecule has 1 aromatic carbocycles. The molecule has 94 valence electrons. The van der Waals surface area contributed by atoms with E-state index in [1.165, 1.54) is 0 Å². The summed E-state index contributed by atoms with van der Waals surface area (Å²) in [6, 6.07) is 3.57. The van der Waals surface area contributed by atoms with Crippen LogP contribution >= 0.6 is 11.6 Å². The Bertz CT molecular complexity index is 679. The summed E-state index contributed by atoms with van der Waals surface area (Å²) in [6.45, 7) is 1.50. The van der Waals surface area contributed by atoms with E-state index in [0.29, 0.717) is 17.1 Å². The van der Waals surface area contributed by atoms with Crippen molar-refractivity contribution in [3.8, 4) is 5.75 Å². The maximum absolute atomic E-state index is 12.0. The summed E-state index contributed by atoms with van der Waals surface area (Å²) in [5.74, 6) is 0.741. The van der Waals surface area contributed by atoms with E-state index in [-0.39, 0.29) is 5.56 Å². The van der Waals surface area contributed by atoms with E-state index in [9.17, 15) is 4.79 Å². The lowest BCUT2D eigenvalue weighted by Gasteiger charge is -2.20. The lowest BCUT2D eigenvalue weighted by Crippen LogP contribution is -2.30. The molecule has 2 N–H and O–H groups in total. The van der Waals surface area contributed by atoms with Gasteiger partial charge in [0.15, 0.2) is 0 Å². The number of benzene rings is 1. The van der Waals surface area contributed by atoms with E-state index in [1.54, 1.807) is 13.2 Å². The molecule has 0 saturated carbocycles. The van der Waals surface area contributed by atoms with Crippen LogP contribution < -0.4 is 15.6 Å². The third kappa shape index (κ3) is 1.61. The zero-order chi connectivity index (χ0) is 12.7. The summed E-state index contributed by atoms with van der Waals surface area (Å²) >= 11 is 6.15. The first kappa shape index (κ1) is 11.6. The number of aromatic amines is 1. The van der Waals surface area contributed by atoms with Crippen LogP contribution in [0.25, 0.3) is 10.9 Å². The van der Waals surface area contributed by atoms with Crippen LogP contribution in [-0.2, 0) is 13.0 Å². The summed E-state index contributed by atoms with van der Waals surface area (Å²) in [4.78, 5) is 14.9. The smallest absolute Gasteiger partial charge is 0.252 e. The van der Waals surface area contributed by atoms with Crippen molar-refractivity contribution >= 4 is 22.5 Å². The maximum Gasteiger partial charge on any atom is 0.252 e. The summed E-state index contributed by atoms with van der Waals surface area (Å²) in [5, 5.41) is 4.73. The van der Waals surface area contributed by atoms with Gasteiger partial charge >= 0.3 is 0 Å². The van der Waals surface area contributed by atoms with Crippen LogP contribution in [0, 0.1) is 0 Å². The first-order chi connectivity index (χ1) is 8.72. The predicted molar refractivity (Wildman–Crippen MR) is 71.5 cm³/mol. The van der Waals surface area contributed by atoms with Gasteiger partial charge in [0.2, 0.25) is 0 Å². The fraction of sp³-hybridized carbons (Fsp3) is 0.308. The molecule has 1 aliphatic heterocycles. The third-order valence-corrected chi connectivity index (χ3v) is 3.68. The number of ether oxygens (including phenoxy) is 1. The van der Waals surface area contributed by atoms with Crippen molar-refractivity contribution in [3.05, 3.63) is 38.6 Å². The van der Waals surface area contributed by atoms with Crippen molar-refractivity contribution < 1.29 is 4.74 Å². The highest BCUT2D eigenvalue weighted by molar-refractivity contribution is 6.35. The van der Waals surface area contributed by atoms with Gasteiger partial charge in [0.25, 0.3) is 5.56 Å². The molecule has 0 bridgehead atoms. The van der Waals surface area contributed by atoms with Crippen LogP contribution in [0.1, 0.15) is 11.1 Å². The summed E-state index contributed by atoms with van der Waals surface area (Å²) in [6.07, 6.45) is 0.732. The second kappa shape index (κ2) is 4.30. The van der Waals surface area contributed by atoms with Crippen LogP contribution in [-0.4, -0.2) is 18.6 Å². The quantitative estimate of drug-likeness (QED) is 0.826. The first-order valence-electron chi connectivity index (χ1n) is 5.83. The highest BCUT2D eigenvalue weighted by Gasteiger charge is 2.19. The van der Waals surface area contributed by atoms with Gasteiger partial charge in [-0.25, -0.2) is 0 Å². The Morgan fingerprint density at radius 1 is 1.33 bits per heavy atom. The van der Waals surface area contributed by atoms with Gasteiger partial charge in [0, 0.05) is 17.5 Å². The highest BCUT2D eigenvalue weighted by Crippen LogP contribution is 2.33. The van der Waals surface area contributed by atoms with Gasteiger partial charge in [-0.1, -0.05) is 11.6 Å². The molecule has 0 radical (unpaired) electrons. The molecule has 1 aromatic heterocycles. The minimum absolute atomic E-state index is 0.0471. The van der Waals surface area contributed by atoms with Gasteiger partial charge in [-0.2, -0.15) is 0 Å². The predicted octanol–water partition coefficient (Wildman–Crippen LogP) is 1.84. The number of H-pyrrole nitrogens is 1. The van der Waals surface area contributed by atoms with Crippen LogP contribution in [0.15, 0.2) is 16.9 Å². The summed E-state index contributed by atoms with van der Waals surface area (Å²) in [5.41, 5.74) is 2.44. The van der Waals surface area contributed by atoms with Crippen molar-refractivity contribution in [1.82, 2.24) is 10.3 Å². The van der Waals surface area contributed by atoms with E-state index in [0.717, 1.165) is 35.2 Å². The van der Waals surface area contributed by atoms with Crippen LogP contribution in [0.5, 0.6) is 5.75 Å². The van der Waals surface area contributed by atoms with E-state index in [4.69, 9.17) is 16.3 Å². The van der Waals surface area contributed by atoms with Crippen molar-refractivity contribution in [1.29, 1.82) is 0 Å². The minimum atomic E-state index is -0.0471. The molecule has 3 rings (SSSR count). The van der Waals surface area contributed by atoms with E-state index in [2.05, 4.69) is 10.3 Å². The van der Waals surface area contributed by atoms with Crippen molar-refractivity contribution in [3.63, 3.8) is 0 Å². The Kier molecular flexibility index (Phi) is 2.76. The number of fused-ring (bicyclic) bond motifs is 3. The summed E-state index contributed by atoms with van der Waals surface area (Å²) < 4.78 is 5.38. The van der Waals surface area contributed by atoms with Gasteiger partial charge < -0.3 is 15.0 Å². The monoisotopic (exact) mass is 264 g/mol. The highest BCUT2D eigenvalue weighted by atomic mass is 35.5. The van der Waals surface area contributed by atoms with Crippen molar-refractivity contribution in [2.45, 2.75) is 13.0 Å². The van der Waals surface area contributed by atoms with E-state index in [1.807, 2.05) is 6.07 Å². The van der Waals surface area contributed by atoms with E-state index < -0.39 is 0 Å². The SMILES string of the molecule is COc1ccc(Cl)c2[nH]c(=O)c3c(c12)CNCC3. The Morgan fingerprint density at radius 3 is 2.94 bits per heavy atom. The number of methoxy groups -OCH3 is 1. The average molecular weight is 265 g/mol. The molecule has 18 heavy (non-hydrogen) atoms. The van der Waals surface area contributed by atoms with Crippen LogP contribution in [0.4, 0.5) is 0 Å². The molecule has 0 amide bonds. The summed E-state index contributed by atoms with van der Waals surface area (Å²) in [7, 11) is 1.62. The fourth-order valence-corrected chi connectivity index (χ4v) is 2.72. The van der Waals surface area contributed by atoms with Gasteiger partial charge in [-0.05, 0) is 30.7 Å². The molecule has 4 nitrogen and oxygen atoms in total. The number of halogens is 1. The third-order valence-electron chi connectivity index (χ3n) is 3.37. The van der Waals surface area contributed by atoms with Gasteiger partial charge in [-0.15, -0.1) is 0 Å². The van der Waals surface area contributed by atoms with Gasteiger partial charge in [0.05, 0.1) is 17.6 Å².